The van der Waals surface area contributed by atoms with E-state index in [2.05, 4.69) is 4.98 Å². The van der Waals surface area contributed by atoms with E-state index >= 15 is 0 Å². The average Bonchev–Trinajstić information content (AvgIpc) is 2.57. The van der Waals surface area contributed by atoms with Gasteiger partial charge in [-0.3, -0.25) is 0 Å². The summed E-state index contributed by atoms with van der Waals surface area (Å²) in [5.41, 5.74) is 6.56. The number of aryl methyl sites for hydroxylation is 1. The molecular formula is C10H9FN2S. The molecule has 72 valence electrons. The maximum absolute atomic E-state index is 12.9. The lowest BCUT2D eigenvalue weighted by atomic mass is 10.2. The summed E-state index contributed by atoms with van der Waals surface area (Å²) in [5.74, 6) is -0.380. The first-order valence-corrected chi connectivity index (χ1v) is 4.96. The number of nitrogens with zero attached hydrogens (tertiary/aromatic N) is 1. The van der Waals surface area contributed by atoms with Gasteiger partial charge in [-0.2, -0.15) is 0 Å². The topological polar surface area (TPSA) is 38.9 Å². The Morgan fingerprint density at radius 3 is 2.79 bits per heavy atom. The second-order valence-electron chi connectivity index (χ2n) is 2.98. The lowest BCUT2D eigenvalue weighted by Gasteiger charge is -1.99. The van der Waals surface area contributed by atoms with Crippen LogP contribution in [0.15, 0.2) is 24.4 Å². The van der Waals surface area contributed by atoms with Crippen molar-refractivity contribution in [1.29, 1.82) is 0 Å². The van der Waals surface area contributed by atoms with Gasteiger partial charge in [0.15, 0.2) is 0 Å². The van der Waals surface area contributed by atoms with Crippen LogP contribution in [0, 0.1) is 12.7 Å². The first-order valence-electron chi connectivity index (χ1n) is 4.14. The van der Waals surface area contributed by atoms with Crippen molar-refractivity contribution >= 4 is 17.0 Å². The second kappa shape index (κ2) is 3.38. The fourth-order valence-corrected chi connectivity index (χ4v) is 1.97. The van der Waals surface area contributed by atoms with Crippen molar-refractivity contribution in [3.63, 3.8) is 0 Å². The summed E-state index contributed by atoms with van der Waals surface area (Å²) < 4.78 is 12.9. The number of aromatic nitrogens is 1. The van der Waals surface area contributed by atoms with Gasteiger partial charge in [-0.1, -0.05) is 6.07 Å². The molecule has 0 aliphatic heterocycles. The van der Waals surface area contributed by atoms with Crippen LogP contribution in [0.4, 0.5) is 10.1 Å². The van der Waals surface area contributed by atoms with E-state index in [0.29, 0.717) is 0 Å². The van der Waals surface area contributed by atoms with E-state index in [9.17, 15) is 4.39 Å². The Morgan fingerprint density at radius 2 is 2.21 bits per heavy atom. The molecule has 1 aromatic heterocycles. The van der Waals surface area contributed by atoms with Crippen LogP contribution in [0.5, 0.6) is 0 Å². The molecule has 0 spiro atoms. The van der Waals surface area contributed by atoms with Gasteiger partial charge in [-0.15, -0.1) is 11.3 Å². The van der Waals surface area contributed by atoms with Crippen molar-refractivity contribution in [2.75, 3.05) is 5.73 Å². The molecule has 0 saturated carbocycles. The van der Waals surface area contributed by atoms with Crippen molar-refractivity contribution in [2.45, 2.75) is 6.92 Å². The normalized spacial score (nSPS) is 10.4. The lowest BCUT2D eigenvalue weighted by molar-refractivity contribution is 0.633. The van der Waals surface area contributed by atoms with Crippen LogP contribution in [0.1, 0.15) is 5.01 Å². The fraction of sp³-hybridized carbons (Fsp3) is 0.100. The number of rotatable bonds is 1. The Kier molecular flexibility index (Phi) is 2.21. The lowest BCUT2D eigenvalue weighted by Crippen LogP contribution is -1.89. The highest BCUT2D eigenvalue weighted by Gasteiger charge is 2.04. The molecule has 0 aliphatic rings. The van der Waals surface area contributed by atoms with Gasteiger partial charge >= 0.3 is 0 Å². The zero-order valence-corrected chi connectivity index (χ0v) is 8.44. The van der Waals surface area contributed by atoms with Gasteiger partial charge in [0.05, 0.1) is 15.6 Å². The van der Waals surface area contributed by atoms with E-state index in [1.54, 1.807) is 29.7 Å². The maximum atomic E-state index is 12.9. The van der Waals surface area contributed by atoms with Crippen LogP contribution >= 0.6 is 11.3 Å². The molecule has 1 heterocycles. The monoisotopic (exact) mass is 208 g/mol. The summed E-state index contributed by atoms with van der Waals surface area (Å²) in [4.78, 5) is 5.14. The van der Waals surface area contributed by atoms with Crippen molar-refractivity contribution in [2.24, 2.45) is 0 Å². The number of nitrogens with two attached hydrogens (primary N) is 1. The minimum Gasteiger partial charge on any atom is -0.396 e. The molecule has 2 N–H and O–H groups in total. The van der Waals surface area contributed by atoms with E-state index in [-0.39, 0.29) is 11.5 Å². The van der Waals surface area contributed by atoms with E-state index in [4.69, 9.17) is 5.73 Å². The number of benzene rings is 1. The molecule has 0 unspecified atom stereocenters. The van der Waals surface area contributed by atoms with Crippen molar-refractivity contribution in [3.05, 3.63) is 35.2 Å². The van der Waals surface area contributed by atoms with Crippen LogP contribution in [0.25, 0.3) is 10.4 Å². The highest BCUT2D eigenvalue weighted by atomic mass is 32.1. The first-order chi connectivity index (χ1) is 6.66. The number of halogens is 1. The zero-order valence-electron chi connectivity index (χ0n) is 7.62. The Balaban J connectivity index is 2.47. The summed E-state index contributed by atoms with van der Waals surface area (Å²) in [6.07, 6.45) is 1.77. The highest BCUT2D eigenvalue weighted by molar-refractivity contribution is 7.15. The molecule has 2 aromatic rings. The smallest absolute Gasteiger partial charge is 0.146 e. The number of nitrogen functional groups attached to an aromatic ring is 1. The van der Waals surface area contributed by atoms with Crippen LogP contribution < -0.4 is 5.73 Å². The van der Waals surface area contributed by atoms with Crippen LogP contribution in [0.3, 0.4) is 0 Å². The predicted octanol–water partition coefficient (Wildman–Crippen LogP) is 2.84. The van der Waals surface area contributed by atoms with E-state index in [1.807, 2.05) is 6.92 Å². The summed E-state index contributed by atoms with van der Waals surface area (Å²) >= 11 is 1.57. The van der Waals surface area contributed by atoms with E-state index in [1.165, 1.54) is 6.07 Å². The van der Waals surface area contributed by atoms with E-state index < -0.39 is 0 Å². The molecule has 0 radical (unpaired) electrons. The van der Waals surface area contributed by atoms with Gasteiger partial charge in [0.25, 0.3) is 0 Å². The third-order valence-electron chi connectivity index (χ3n) is 1.90. The fourth-order valence-electron chi connectivity index (χ4n) is 1.19. The van der Waals surface area contributed by atoms with Gasteiger partial charge in [-0.05, 0) is 24.6 Å². The van der Waals surface area contributed by atoms with Gasteiger partial charge in [-0.25, -0.2) is 9.37 Å². The zero-order chi connectivity index (χ0) is 10.1. The Hall–Kier alpha value is -1.42. The molecule has 0 fully saturated rings. The third-order valence-corrected chi connectivity index (χ3v) is 2.86. The Bertz CT molecular complexity index is 465. The Morgan fingerprint density at radius 1 is 1.43 bits per heavy atom. The predicted molar refractivity (Wildman–Crippen MR) is 56.7 cm³/mol. The van der Waals surface area contributed by atoms with Crippen molar-refractivity contribution < 1.29 is 4.39 Å². The molecule has 0 saturated heterocycles. The van der Waals surface area contributed by atoms with Gasteiger partial charge < -0.3 is 5.73 Å². The Labute approximate surface area is 85.2 Å². The molecule has 0 atom stereocenters. The minimum atomic E-state index is -0.380. The number of thiazole rings is 1. The largest absolute Gasteiger partial charge is 0.396 e. The molecule has 2 rings (SSSR count). The molecule has 0 aliphatic carbocycles. The van der Waals surface area contributed by atoms with Crippen molar-refractivity contribution in [1.82, 2.24) is 4.98 Å². The number of hydrogen-bond acceptors (Lipinski definition) is 3. The third kappa shape index (κ3) is 1.61. The van der Waals surface area contributed by atoms with Crippen LogP contribution in [-0.4, -0.2) is 4.98 Å². The SMILES string of the molecule is Cc1ncc(-c2ccc(F)c(N)c2)s1. The number of hydrogen-bond donors (Lipinski definition) is 1. The van der Waals surface area contributed by atoms with Crippen molar-refractivity contribution in [3.8, 4) is 10.4 Å². The number of anilines is 1. The van der Waals surface area contributed by atoms with Crippen LogP contribution in [0.2, 0.25) is 0 Å². The summed E-state index contributed by atoms with van der Waals surface area (Å²) in [5, 5.41) is 0.989. The minimum absolute atomic E-state index is 0.175. The molecule has 2 nitrogen and oxygen atoms in total. The molecule has 0 bridgehead atoms. The average molecular weight is 208 g/mol. The molecule has 0 amide bonds. The van der Waals surface area contributed by atoms with Gasteiger partial charge in [0.1, 0.15) is 5.82 Å². The summed E-state index contributed by atoms with van der Waals surface area (Å²) in [6.45, 7) is 1.93. The molecular weight excluding hydrogens is 199 g/mol. The molecule has 14 heavy (non-hydrogen) atoms. The maximum Gasteiger partial charge on any atom is 0.146 e. The summed E-state index contributed by atoms with van der Waals surface area (Å²) in [6, 6.07) is 4.71. The molecule has 4 heteroatoms. The molecule has 1 aromatic carbocycles. The van der Waals surface area contributed by atoms with Gasteiger partial charge in [0.2, 0.25) is 0 Å². The van der Waals surface area contributed by atoms with E-state index in [0.717, 1.165) is 15.4 Å². The first kappa shape index (κ1) is 9.15. The second-order valence-corrected chi connectivity index (χ2v) is 4.21. The summed E-state index contributed by atoms with van der Waals surface area (Å²) in [7, 11) is 0. The quantitative estimate of drug-likeness (QED) is 0.732. The van der Waals surface area contributed by atoms with Crippen LogP contribution in [-0.2, 0) is 0 Å². The van der Waals surface area contributed by atoms with Gasteiger partial charge in [0, 0.05) is 6.20 Å². The highest BCUT2D eigenvalue weighted by Crippen LogP contribution is 2.27. The standard InChI is InChI=1S/C10H9FN2S/c1-6-13-5-10(14-6)7-2-3-8(11)9(12)4-7/h2-5H,12H2,1H3.